The van der Waals surface area contributed by atoms with E-state index in [9.17, 15) is 0 Å². The zero-order chi connectivity index (χ0) is 9.56. The summed E-state index contributed by atoms with van der Waals surface area (Å²) in [6.07, 6.45) is 0. The minimum absolute atomic E-state index is 0.685. The molecule has 2 heteroatoms. The third kappa shape index (κ3) is 3.16. The first kappa shape index (κ1) is 10.6. The second kappa shape index (κ2) is 5.31. The van der Waals surface area contributed by atoms with E-state index in [0.717, 1.165) is 11.4 Å². The lowest BCUT2D eigenvalue weighted by Crippen LogP contribution is -1.86. The molecule has 1 rings (SSSR count). The molecule has 1 aromatic heterocycles. The number of hydrogen-bond donors (Lipinski definition) is 0. The zero-order valence-electron chi connectivity index (χ0n) is 8.05. The molecule has 0 saturated carbocycles. The minimum atomic E-state index is 0.685. The fourth-order valence-corrected chi connectivity index (χ4v) is 0.899. The molecule has 0 aliphatic carbocycles. The summed E-state index contributed by atoms with van der Waals surface area (Å²) in [5.74, 6) is 0. The monoisotopic (exact) mass is 162 g/mol. The lowest BCUT2D eigenvalue weighted by Gasteiger charge is -1.94. The Morgan fingerprint density at radius 2 is 1.58 bits per heavy atom. The van der Waals surface area contributed by atoms with Gasteiger partial charge in [-0.15, -0.1) is 0 Å². The maximum atomic E-state index is 8.51. The van der Waals surface area contributed by atoms with Gasteiger partial charge in [0, 0.05) is 11.4 Å². The Morgan fingerprint density at radius 3 is 1.92 bits per heavy atom. The highest BCUT2D eigenvalue weighted by Crippen LogP contribution is 2.02. The Hall–Kier alpha value is -1.36. The van der Waals surface area contributed by atoms with Crippen molar-refractivity contribution in [2.75, 3.05) is 0 Å². The van der Waals surface area contributed by atoms with E-state index in [2.05, 4.69) is 11.1 Å². The van der Waals surface area contributed by atoms with Crippen LogP contribution in [-0.4, -0.2) is 4.98 Å². The third-order valence-electron chi connectivity index (χ3n) is 1.21. The first-order valence-electron chi connectivity index (χ1n) is 4.08. The third-order valence-corrected chi connectivity index (χ3v) is 1.21. The molecule has 0 fully saturated rings. The molecule has 64 valence electrons. The number of pyridine rings is 1. The number of aryl methyl sites for hydroxylation is 2. The van der Waals surface area contributed by atoms with Crippen LogP contribution in [-0.2, 0) is 0 Å². The number of nitriles is 1. The van der Waals surface area contributed by atoms with Crippen molar-refractivity contribution in [3.05, 3.63) is 29.1 Å². The van der Waals surface area contributed by atoms with Crippen LogP contribution in [0.5, 0.6) is 0 Å². The highest BCUT2D eigenvalue weighted by Gasteiger charge is 1.92. The molecule has 0 N–H and O–H groups in total. The van der Waals surface area contributed by atoms with E-state index in [-0.39, 0.29) is 0 Å². The van der Waals surface area contributed by atoms with E-state index in [1.54, 1.807) is 12.1 Å². The van der Waals surface area contributed by atoms with Crippen LogP contribution in [0, 0.1) is 25.2 Å². The molecule has 12 heavy (non-hydrogen) atoms. The first-order valence-corrected chi connectivity index (χ1v) is 4.08. The van der Waals surface area contributed by atoms with E-state index >= 15 is 0 Å². The molecule has 0 bridgehead atoms. The Kier molecular flexibility index (Phi) is 4.71. The maximum absolute atomic E-state index is 8.51. The van der Waals surface area contributed by atoms with Crippen LogP contribution in [0.25, 0.3) is 0 Å². The highest BCUT2D eigenvalue weighted by molar-refractivity contribution is 5.31. The van der Waals surface area contributed by atoms with Gasteiger partial charge in [0.25, 0.3) is 0 Å². The summed E-state index contributed by atoms with van der Waals surface area (Å²) in [6.45, 7) is 7.77. The number of aromatic nitrogens is 1. The molecule has 0 amide bonds. The SMILES string of the molecule is CC.Cc1cc(C#N)cc(C)n1. The molecule has 0 aliphatic rings. The van der Waals surface area contributed by atoms with E-state index in [1.165, 1.54) is 0 Å². The smallest absolute Gasteiger partial charge is 0.0992 e. The van der Waals surface area contributed by atoms with Crippen LogP contribution >= 0.6 is 0 Å². The van der Waals surface area contributed by atoms with Gasteiger partial charge in [0.1, 0.15) is 0 Å². The van der Waals surface area contributed by atoms with Crippen molar-refractivity contribution in [3.63, 3.8) is 0 Å². The van der Waals surface area contributed by atoms with Gasteiger partial charge in [-0.3, -0.25) is 4.98 Å². The minimum Gasteiger partial charge on any atom is -0.258 e. The van der Waals surface area contributed by atoms with Crippen molar-refractivity contribution in [1.29, 1.82) is 5.26 Å². The number of rotatable bonds is 0. The van der Waals surface area contributed by atoms with Crippen molar-refractivity contribution >= 4 is 0 Å². The highest BCUT2D eigenvalue weighted by atomic mass is 14.7. The molecule has 2 nitrogen and oxygen atoms in total. The molecule has 0 radical (unpaired) electrons. The quantitative estimate of drug-likeness (QED) is 0.588. The van der Waals surface area contributed by atoms with Crippen LogP contribution in [0.2, 0.25) is 0 Å². The van der Waals surface area contributed by atoms with Crippen molar-refractivity contribution in [1.82, 2.24) is 4.98 Å². The van der Waals surface area contributed by atoms with Gasteiger partial charge in [-0.05, 0) is 26.0 Å². The standard InChI is InChI=1S/C8H8N2.C2H6/c1-6-3-8(5-9)4-7(2)10-6;1-2/h3-4H,1-2H3;1-2H3. The van der Waals surface area contributed by atoms with E-state index < -0.39 is 0 Å². The molecule has 0 spiro atoms. The first-order chi connectivity index (χ1) is 5.72. The van der Waals surface area contributed by atoms with Gasteiger partial charge in [-0.2, -0.15) is 5.26 Å². The molecule has 1 aromatic rings. The Balaban J connectivity index is 0.000000561. The topological polar surface area (TPSA) is 36.7 Å². The van der Waals surface area contributed by atoms with Crippen molar-refractivity contribution < 1.29 is 0 Å². The van der Waals surface area contributed by atoms with Crippen LogP contribution in [0.1, 0.15) is 30.8 Å². The van der Waals surface area contributed by atoms with Crippen molar-refractivity contribution in [2.45, 2.75) is 27.7 Å². The van der Waals surface area contributed by atoms with Crippen LogP contribution in [0.4, 0.5) is 0 Å². The fourth-order valence-electron chi connectivity index (χ4n) is 0.899. The molecule has 0 aliphatic heterocycles. The van der Waals surface area contributed by atoms with E-state index in [0.29, 0.717) is 5.56 Å². The summed E-state index contributed by atoms with van der Waals surface area (Å²) in [6, 6.07) is 5.61. The van der Waals surface area contributed by atoms with Crippen LogP contribution < -0.4 is 0 Å². The normalized spacial score (nSPS) is 7.92. The lowest BCUT2D eigenvalue weighted by molar-refractivity contribution is 1.12. The molecule has 1 heterocycles. The fraction of sp³-hybridized carbons (Fsp3) is 0.400. The van der Waals surface area contributed by atoms with Gasteiger partial charge in [-0.25, -0.2) is 0 Å². The van der Waals surface area contributed by atoms with Gasteiger partial charge < -0.3 is 0 Å². The largest absolute Gasteiger partial charge is 0.258 e. The summed E-state index contributed by atoms with van der Waals surface area (Å²) in [7, 11) is 0. The summed E-state index contributed by atoms with van der Waals surface area (Å²) in [5, 5.41) is 8.51. The Bertz CT molecular complexity index is 264. The molecular formula is C10H14N2. The summed E-state index contributed by atoms with van der Waals surface area (Å²) < 4.78 is 0. The van der Waals surface area contributed by atoms with Crippen molar-refractivity contribution in [3.8, 4) is 6.07 Å². The summed E-state index contributed by atoms with van der Waals surface area (Å²) in [4.78, 5) is 4.13. The van der Waals surface area contributed by atoms with Gasteiger partial charge in [-0.1, -0.05) is 13.8 Å². The molecule has 0 saturated heterocycles. The van der Waals surface area contributed by atoms with Gasteiger partial charge >= 0.3 is 0 Å². The predicted molar refractivity (Wildman–Crippen MR) is 49.8 cm³/mol. The Morgan fingerprint density at radius 1 is 1.17 bits per heavy atom. The van der Waals surface area contributed by atoms with Gasteiger partial charge in [0.05, 0.1) is 11.6 Å². The van der Waals surface area contributed by atoms with Gasteiger partial charge in [0.15, 0.2) is 0 Å². The molecule has 0 atom stereocenters. The molecular weight excluding hydrogens is 148 g/mol. The zero-order valence-corrected chi connectivity index (χ0v) is 8.05. The number of hydrogen-bond acceptors (Lipinski definition) is 2. The number of nitrogens with zero attached hydrogens (tertiary/aromatic N) is 2. The van der Waals surface area contributed by atoms with Crippen LogP contribution in [0.3, 0.4) is 0 Å². The summed E-state index contributed by atoms with van der Waals surface area (Å²) in [5.41, 5.74) is 2.48. The average molecular weight is 162 g/mol. The average Bonchev–Trinajstić information content (AvgIpc) is 2.06. The molecule has 0 unspecified atom stereocenters. The second-order valence-corrected chi connectivity index (χ2v) is 2.25. The maximum Gasteiger partial charge on any atom is 0.0992 e. The molecule has 0 aromatic carbocycles. The van der Waals surface area contributed by atoms with E-state index in [1.807, 2.05) is 27.7 Å². The van der Waals surface area contributed by atoms with Crippen LogP contribution in [0.15, 0.2) is 12.1 Å². The van der Waals surface area contributed by atoms with E-state index in [4.69, 9.17) is 5.26 Å². The van der Waals surface area contributed by atoms with Crippen molar-refractivity contribution in [2.24, 2.45) is 0 Å². The second-order valence-electron chi connectivity index (χ2n) is 2.25. The lowest BCUT2D eigenvalue weighted by atomic mass is 10.2. The van der Waals surface area contributed by atoms with Gasteiger partial charge in [0.2, 0.25) is 0 Å². The summed E-state index contributed by atoms with van der Waals surface area (Å²) >= 11 is 0. The Labute approximate surface area is 73.9 Å². The predicted octanol–water partition coefficient (Wildman–Crippen LogP) is 2.60.